The average Bonchev–Trinajstić information content (AvgIpc) is 2.93. The highest BCUT2D eigenvalue weighted by Gasteiger charge is 2.30. The summed E-state index contributed by atoms with van der Waals surface area (Å²) in [6, 6.07) is 4.36. The SMILES string of the molecule is CC(C)NC(=O)c1ccc(NCCC2(C)OCCO2)c([N+](=O)[O-])c1. The lowest BCUT2D eigenvalue weighted by Crippen LogP contribution is -2.30. The van der Waals surface area contributed by atoms with Crippen LogP contribution in [-0.2, 0) is 9.47 Å². The molecule has 1 heterocycles. The van der Waals surface area contributed by atoms with Gasteiger partial charge in [-0.15, -0.1) is 0 Å². The first-order valence-corrected chi connectivity index (χ1v) is 7.92. The molecule has 1 aliphatic rings. The summed E-state index contributed by atoms with van der Waals surface area (Å²) in [6.07, 6.45) is 0.555. The molecule has 0 bridgehead atoms. The maximum atomic E-state index is 12.0. The fourth-order valence-corrected chi connectivity index (χ4v) is 2.44. The van der Waals surface area contributed by atoms with Crippen LogP contribution in [0.1, 0.15) is 37.6 Å². The van der Waals surface area contributed by atoms with Gasteiger partial charge in [0.2, 0.25) is 0 Å². The van der Waals surface area contributed by atoms with E-state index < -0.39 is 10.7 Å². The zero-order valence-electron chi connectivity index (χ0n) is 14.1. The number of nitrogens with one attached hydrogen (secondary N) is 2. The fourth-order valence-electron chi connectivity index (χ4n) is 2.44. The number of rotatable bonds is 7. The molecule has 24 heavy (non-hydrogen) atoms. The van der Waals surface area contributed by atoms with E-state index in [4.69, 9.17) is 9.47 Å². The molecule has 0 atom stereocenters. The zero-order chi connectivity index (χ0) is 17.7. The van der Waals surface area contributed by atoms with Gasteiger partial charge in [0.1, 0.15) is 5.69 Å². The van der Waals surface area contributed by atoms with Gasteiger partial charge in [0, 0.05) is 30.6 Å². The van der Waals surface area contributed by atoms with Crippen LogP contribution >= 0.6 is 0 Å². The Hall–Kier alpha value is -2.19. The van der Waals surface area contributed by atoms with Gasteiger partial charge < -0.3 is 20.1 Å². The molecule has 1 aromatic rings. The smallest absolute Gasteiger partial charge is 0.293 e. The van der Waals surface area contributed by atoms with E-state index >= 15 is 0 Å². The van der Waals surface area contributed by atoms with Gasteiger partial charge in [-0.1, -0.05) is 0 Å². The van der Waals surface area contributed by atoms with Gasteiger partial charge >= 0.3 is 0 Å². The molecule has 0 saturated carbocycles. The van der Waals surface area contributed by atoms with Crippen molar-refractivity contribution in [2.24, 2.45) is 0 Å². The van der Waals surface area contributed by atoms with Crippen molar-refractivity contribution < 1.29 is 19.2 Å². The van der Waals surface area contributed by atoms with Gasteiger partial charge in [0.25, 0.3) is 11.6 Å². The monoisotopic (exact) mass is 337 g/mol. The Labute approximate surface area is 140 Å². The molecule has 0 unspecified atom stereocenters. The molecule has 1 saturated heterocycles. The number of anilines is 1. The second-order valence-electron chi connectivity index (χ2n) is 6.12. The third-order valence-electron chi connectivity index (χ3n) is 3.67. The lowest BCUT2D eigenvalue weighted by Gasteiger charge is -2.22. The standard InChI is InChI=1S/C16H23N3O5/c1-11(2)18-15(20)12-4-5-13(14(10-12)19(21)22)17-7-6-16(3)23-8-9-24-16/h4-5,10-11,17H,6-9H2,1-3H3,(H,18,20). The normalized spacial score (nSPS) is 16.2. The van der Waals surface area contributed by atoms with E-state index in [0.717, 1.165) is 0 Å². The molecular weight excluding hydrogens is 314 g/mol. The molecular formula is C16H23N3O5. The van der Waals surface area contributed by atoms with Gasteiger partial charge in [-0.2, -0.15) is 0 Å². The average molecular weight is 337 g/mol. The Kier molecular flexibility index (Phi) is 5.74. The van der Waals surface area contributed by atoms with Gasteiger partial charge in [-0.25, -0.2) is 0 Å². The number of benzene rings is 1. The van der Waals surface area contributed by atoms with E-state index in [1.165, 1.54) is 6.07 Å². The van der Waals surface area contributed by atoms with Crippen LogP contribution in [0.5, 0.6) is 0 Å². The fraction of sp³-hybridized carbons (Fsp3) is 0.562. The Balaban J connectivity index is 2.06. The van der Waals surface area contributed by atoms with E-state index in [1.54, 1.807) is 12.1 Å². The van der Waals surface area contributed by atoms with E-state index in [-0.39, 0.29) is 23.2 Å². The van der Waals surface area contributed by atoms with Crippen LogP contribution in [0.25, 0.3) is 0 Å². The summed E-state index contributed by atoms with van der Waals surface area (Å²) >= 11 is 0. The first-order chi connectivity index (χ1) is 11.3. The maximum Gasteiger partial charge on any atom is 0.293 e. The van der Waals surface area contributed by atoms with Crippen molar-refractivity contribution in [2.45, 2.75) is 39.0 Å². The molecule has 0 radical (unpaired) electrons. The quantitative estimate of drug-likeness (QED) is 0.584. The summed E-state index contributed by atoms with van der Waals surface area (Å²) in [5.74, 6) is -0.987. The van der Waals surface area contributed by atoms with Crippen LogP contribution in [0, 0.1) is 10.1 Å². The Morgan fingerprint density at radius 1 is 1.38 bits per heavy atom. The zero-order valence-corrected chi connectivity index (χ0v) is 14.1. The molecule has 0 spiro atoms. The van der Waals surface area contributed by atoms with E-state index in [2.05, 4.69) is 10.6 Å². The summed E-state index contributed by atoms with van der Waals surface area (Å²) < 4.78 is 11.0. The molecule has 2 rings (SSSR count). The molecule has 1 aliphatic heterocycles. The van der Waals surface area contributed by atoms with Crippen molar-refractivity contribution in [2.75, 3.05) is 25.1 Å². The second-order valence-corrected chi connectivity index (χ2v) is 6.12. The first-order valence-electron chi connectivity index (χ1n) is 7.92. The summed E-state index contributed by atoms with van der Waals surface area (Å²) in [5, 5.41) is 17.0. The Morgan fingerprint density at radius 2 is 2.04 bits per heavy atom. The van der Waals surface area contributed by atoms with E-state index in [9.17, 15) is 14.9 Å². The number of ether oxygens (including phenoxy) is 2. The largest absolute Gasteiger partial charge is 0.379 e. The van der Waals surface area contributed by atoms with Gasteiger partial charge in [0.15, 0.2) is 5.79 Å². The van der Waals surface area contributed by atoms with Crippen LogP contribution in [0.4, 0.5) is 11.4 Å². The van der Waals surface area contributed by atoms with E-state index in [0.29, 0.717) is 31.9 Å². The molecule has 1 amide bonds. The summed E-state index contributed by atoms with van der Waals surface area (Å²) in [5.41, 5.74) is 0.489. The molecule has 0 aromatic heterocycles. The van der Waals surface area contributed by atoms with Crippen LogP contribution in [-0.4, -0.2) is 42.4 Å². The van der Waals surface area contributed by atoms with Crippen molar-refractivity contribution >= 4 is 17.3 Å². The highest BCUT2D eigenvalue weighted by atomic mass is 16.7. The first kappa shape index (κ1) is 18.2. The number of carbonyl (C=O) groups excluding carboxylic acids is 1. The number of amides is 1. The van der Waals surface area contributed by atoms with Crippen molar-refractivity contribution in [3.05, 3.63) is 33.9 Å². The molecule has 2 N–H and O–H groups in total. The molecule has 132 valence electrons. The van der Waals surface area contributed by atoms with Gasteiger partial charge in [-0.05, 0) is 32.9 Å². The highest BCUT2D eigenvalue weighted by molar-refractivity contribution is 5.95. The second kappa shape index (κ2) is 7.59. The van der Waals surface area contributed by atoms with Crippen LogP contribution < -0.4 is 10.6 Å². The number of nitrogens with zero attached hydrogens (tertiary/aromatic N) is 1. The minimum Gasteiger partial charge on any atom is -0.379 e. The lowest BCUT2D eigenvalue weighted by atomic mass is 10.1. The van der Waals surface area contributed by atoms with E-state index in [1.807, 2.05) is 20.8 Å². The Bertz CT molecular complexity index is 612. The minimum atomic E-state index is -0.654. The van der Waals surface area contributed by atoms with Crippen molar-refractivity contribution in [3.8, 4) is 0 Å². The number of nitro benzene ring substituents is 1. The van der Waals surface area contributed by atoms with Crippen molar-refractivity contribution in [1.82, 2.24) is 5.32 Å². The molecule has 8 nitrogen and oxygen atoms in total. The lowest BCUT2D eigenvalue weighted by molar-refractivity contribution is -0.384. The van der Waals surface area contributed by atoms with Crippen LogP contribution in [0.15, 0.2) is 18.2 Å². The predicted octanol–water partition coefficient (Wildman–Crippen LogP) is 2.30. The summed E-state index contributed by atoms with van der Waals surface area (Å²) in [6.45, 7) is 7.06. The number of hydrogen-bond acceptors (Lipinski definition) is 6. The third-order valence-corrected chi connectivity index (χ3v) is 3.67. The number of hydrogen-bond donors (Lipinski definition) is 2. The van der Waals surface area contributed by atoms with Crippen molar-refractivity contribution in [3.63, 3.8) is 0 Å². The number of carbonyl (C=O) groups is 1. The van der Waals surface area contributed by atoms with Crippen LogP contribution in [0.3, 0.4) is 0 Å². The van der Waals surface area contributed by atoms with Crippen LogP contribution in [0.2, 0.25) is 0 Å². The minimum absolute atomic E-state index is 0.0403. The highest BCUT2D eigenvalue weighted by Crippen LogP contribution is 2.27. The van der Waals surface area contributed by atoms with Crippen molar-refractivity contribution in [1.29, 1.82) is 0 Å². The number of nitro groups is 1. The van der Waals surface area contributed by atoms with Gasteiger partial charge in [0.05, 0.1) is 18.1 Å². The summed E-state index contributed by atoms with van der Waals surface area (Å²) in [7, 11) is 0. The molecule has 1 fully saturated rings. The third kappa shape index (κ3) is 4.65. The van der Waals surface area contributed by atoms with Gasteiger partial charge in [-0.3, -0.25) is 14.9 Å². The molecule has 0 aliphatic carbocycles. The predicted molar refractivity (Wildman–Crippen MR) is 89.1 cm³/mol. The Morgan fingerprint density at radius 3 is 2.62 bits per heavy atom. The summed E-state index contributed by atoms with van der Waals surface area (Å²) in [4.78, 5) is 22.8. The molecule has 8 heteroatoms. The topological polar surface area (TPSA) is 103 Å². The maximum absolute atomic E-state index is 12.0. The molecule has 1 aromatic carbocycles.